The van der Waals surface area contributed by atoms with E-state index in [0.717, 1.165) is 55.9 Å². The van der Waals surface area contributed by atoms with Crippen LogP contribution in [0.5, 0.6) is 0 Å². The Morgan fingerprint density at radius 3 is 0.694 bits per heavy atom. The molecule has 0 spiro atoms. The van der Waals surface area contributed by atoms with Crippen LogP contribution in [0, 0.1) is 0 Å². The van der Waals surface area contributed by atoms with Crippen LogP contribution >= 0.6 is 0 Å². The van der Waals surface area contributed by atoms with Gasteiger partial charge in [0.2, 0.25) is 0 Å². The molecule has 0 heterocycles. The Morgan fingerprint density at radius 2 is 0.407 bits per heavy atom. The third kappa shape index (κ3) is 18.1. The predicted octanol–water partition coefficient (Wildman–Crippen LogP) is 26.6. The molecular weight excluding hydrogens is 1330 g/mol. The zero-order valence-electron chi connectivity index (χ0n) is 63.8. The minimum atomic E-state index is -0.169. The van der Waals surface area contributed by atoms with Crippen LogP contribution in [-0.4, -0.2) is 50.3 Å². The Labute approximate surface area is 636 Å². The molecule has 0 unspecified atom stereocenters. The number of hydrogen-bond donors (Lipinski definition) is 0. The molecule has 0 bridgehead atoms. The van der Waals surface area contributed by atoms with Gasteiger partial charge >= 0.3 is 23.9 Å². The van der Waals surface area contributed by atoms with Crippen molar-refractivity contribution >= 4 is 153 Å². The first-order chi connectivity index (χ1) is 53.1. The van der Waals surface area contributed by atoms with Crippen molar-refractivity contribution in [1.82, 2.24) is 0 Å². The summed E-state index contributed by atoms with van der Waals surface area (Å²) >= 11 is 0. The van der Waals surface area contributed by atoms with E-state index in [9.17, 15) is 19.2 Å². The summed E-state index contributed by atoms with van der Waals surface area (Å²) in [5.74, 6) is -0.365. The monoisotopic (exact) mass is 1430 g/mol. The van der Waals surface area contributed by atoms with Crippen LogP contribution in [0.4, 0.5) is 0 Å². The van der Waals surface area contributed by atoms with Crippen molar-refractivity contribution in [3.05, 3.63) is 241 Å². The molecule has 16 rings (SSSR count). The van der Waals surface area contributed by atoms with Gasteiger partial charge < -0.3 is 18.9 Å². The molecule has 8 nitrogen and oxygen atoms in total. The molecule has 0 aliphatic heterocycles. The maximum atomic E-state index is 11.8. The zero-order chi connectivity index (χ0) is 74.6. The number of hydrogen-bond acceptors (Lipinski definition) is 8. The summed E-state index contributed by atoms with van der Waals surface area (Å²) in [5, 5.41) is 31.9. The first-order valence-electron chi connectivity index (χ1n) is 40.3. The lowest BCUT2D eigenvalue weighted by atomic mass is 9.90. The molecule has 0 saturated carbocycles. The van der Waals surface area contributed by atoms with E-state index in [2.05, 4.69) is 212 Å². The SMILES string of the molecule is CCOC(=O)CCCCCCCCCCCc1ccc2ccc3cccc4ccc1c2c34.CCOC(=O)CCCCCCCCCc1ccc2ccc3cccc4ccc1c2c34.CCOC(=O)CCCc1ccc2ccc3cccc4ccc1c2c34.CCOC(=O)Cc1ccc2ccc3cccc4ccc1c2c34. The highest BCUT2D eigenvalue weighted by Gasteiger charge is 2.17. The van der Waals surface area contributed by atoms with E-state index in [1.807, 2.05) is 33.8 Å². The molecule has 16 aromatic rings. The molecular formula is C100H104O8. The predicted molar refractivity (Wildman–Crippen MR) is 454 cm³/mol. The fourth-order valence-corrected chi connectivity index (χ4v) is 16.8. The van der Waals surface area contributed by atoms with Crippen molar-refractivity contribution < 1.29 is 38.1 Å². The van der Waals surface area contributed by atoms with E-state index in [0.29, 0.717) is 52.1 Å². The Bertz CT molecular complexity index is 5590. The van der Waals surface area contributed by atoms with Crippen molar-refractivity contribution in [1.29, 1.82) is 0 Å². The molecule has 0 fully saturated rings. The molecule has 552 valence electrons. The van der Waals surface area contributed by atoms with Gasteiger partial charge in [-0.05, 0) is 231 Å². The Hall–Kier alpha value is -10.4. The third-order valence-electron chi connectivity index (χ3n) is 22.0. The lowest BCUT2D eigenvalue weighted by molar-refractivity contribution is -0.144. The summed E-state index contributed by atoms with van der Waals surface area (Å²) in [6.45, 7) is 9.27. The number of carbonyl (C=O) groups excluding carboxylic acids is 4. The molecule has 0 saturated heterocycles. The van der Waals surface area contributed by atoms with E-state index in [1.54, 1.807) is 0 Å². The Morgan fingerprint density at radius 1 is 0.204 bits per heavy atom. The highest BCUT2D eigenvalue weighted by Crippen LogP contribution is 2.41. The summed E-state index contributed by atoms with van der Waals surface area (Å²) in [6, 6.07) is 79.5. The summed E-state index contributed by atoms with van der Waals surface area (Å²) in [7, 11) is 0. The quantitative estimate of drug-likeness (QED) is 0.0178. The number of unbranched alkanes of at least 4 members (excludes halogenated alkanes) is 14. The molecule has 0 aromatic heterocycles. The van der Waals surface area contributed by atoms with Gasteiger partial charge in [0.15, 0.2) is 0 Å². The van der Waals surface area contributed by atoms with Gasteiger partial charge in [-0.1, -0.05) is 295 Å². The van der Waals surface area contributed by atoms with Crippen LogP contribution in [0.3, 0.4) is 0 Å². The fraction of sp³-hybridized carbons (Fsp3) is 0.320. The van der Waals surface area contributed by atoms with Crippen molar-refractivity contribution in [3.63, 3.8) is 0 Å². The van der Waals surface area contributed by atoms with Gasteiger partial charge in [0.25, 0.3) is 0 Å². The zero-order valence-corrected chi connectivity index (χ0v) is 63.8. The van der Waals surface area contributed by atoms with Crippen molar-refractivity contribution in [2.75, 3.05) is 26.4 Å². The van der Waals surface area contributed by atoms with Crippen LogP contribution in [0.15, 0.2) is 218 Å². The first-order valence-corrected chi connectivity index (χ1v) is 40.3. The normalized spacial score (nSPS) is 11.6. The lowest BCUT2D eigenvalue weighted by Gasteiger charge is -2.14. The molecule has 0 aliphatic carbocycles. The molecule has 8 heteroatoms. The van der Waals surface area contributed by atoms with Gasteiger partial charge in [0.1, 0.15) is 0 Å². The van der Waals surface area contributed by atoms with Gasteiger partial charge in [-0.3, -0.25) is 19.2 Å². The standard InChI is InChI=1S/C30H36O2.C28H32O2.C22H20O2.C20H16O2/c1-2-32-28(31)16-11-9-7-5-3-4-6-8-10-13-23-17-18-26-20-19-24-14-12-15-25-21-22-27(23)30(26)29(24)25;1-2-30-26(29)14-9-7-5-3-4-6-8-11-21-15-16-24-18-17-22-12-10-13-23-19-20-25(21)28(24)27(22)23;1-2-24-20(23)8-4-5-15-9-10-18-12-11-16-6-3-7-17-13-14-19(15)22(18)21(16)17;1-2-22-18(21)12-16-9-8-15-7-6-13-4-3-5-14-10-11-17(16)20(15)19(13)14/h12,14-15,17-22H,2-11,13,16H2,1H3;10,12-13,15-20H,2-9,11,14H2,1H3;3,6-7,9-14H,2,4-5,8H2,1H3;3-11H,2,12H2,1H3. The number of benzene rings is 16. The van der Waals surface area contributed by atoms with Crippen LogP contribution in [-0.2, 0) is 63.8 Å². The number of ether oxygens (including phenoxy) is 4. The molecule has 0 N–H and O–H groups in total. The van der Waals surface area contributed by atoms with E-state index >= 15 is 0 Å². The average molecular weight is 1430 g/mol. The highest BCUT2D eigenvalue weighted by molar-refractivity contribution is 6.27. The van der Waals surface area contributed by atoms with Gasteiger partial charge in [0.05, 0.1) is 32.8 Å². The maximum Gasteiger partial charge on any atom is 0.310 e. The van der Waals surface area contributed by atoms with Crippen LogP contribution in [0.25, 0.3) is 129 Å². The minimum absolute atomic E-state index is 0.0443. The topological polar surface area (TPSA) is 105 Å². The second kappa shape index (κ2) is 37.4. The molecule has 108 heavy (non-hydrogen) atoms. The second-order valence-electron chi connectivity index (χ2n) is 29.2. The van der Waals surface area contributed by atoms with E-state index in [1.165, 1.54) is 224 Å². The number of rotatable bonds is 32. The first kappa shape index (κ1) is 75.8. The number of aryl methyl sites for hydroxylation is 3. The minimum Gasteiger partial charge on any atom is -0.466 e. The van der Waals surface area contributed by atoms with E-state index < -0.39 is 0 Å². The van der Waals surface area contributed by atoms with Crippen LogP contribution in [0.1, 0.15) is 178 Å². The molecule has 0 radical (unpaired) electrons. The van der Waals surface area contributed by atoms with Gasteiger partial charge in [-0.2, -0.15) is 0 Å². The second-order valence-corrected chi connectivity index (χ2v) is 29.2. The van der Waals surface area contributed by atoms with Gasteiger partial charge in [-0.15, -0.1) is 0 Å². The molecule has 0 aliphatic rings. The number of carbonyl (C=O) groups is 4. The van der Waals surface area contributed by atoms with Crippen molar-refractivity contribution in [2.45, 2.75) is 182 Å². The Balaban J connectivity index is 0.000000128. The summed E-state index contributed by atoms with van der Waals surface area (Å²) in [4.78, 5) is 46.1. The fourth-order valence-electron chi connectivity index (χ4n) is 16.8. The molecule has 16 aromatic carbocycles. The van der Waals surface area contributed by atoms with Crippen molar-refractivity contribution in [3.8, 4) is 0 Å². The third-order valence-corrected chi connectivity index (χ3v) is 22.0. The maximum absolute atomic E-state index is 11.8. The van der Waals surface area contributed by atoms with Gasteiger partial charge in [-0.25, -0.2) is 0 Å². The van der Waals surface area contributed by atoms with Crippen molar-refractivity contribution in [2.24, 2.45) is 0 Å². The summed E-state index contributed by atoms with van der Waals surface area (Å²) < 4.78 is 20.1. The smallest absolute Gasteiger partial charge is 0.310 e. The lowest BCUT2D eigenvalue weighted by Crippen LogP contribution is -2.07. The molecule has 0 amide bonds. The largest absolute Gasteiger partial charge is 0.466 e. The van der Waals surface area contributed by atoms with E-state index in [-0.39, 0.29) is 23.9 Å². The summed E-state index contributed by atoms with van der Waals surface area (Å²) in [5.41, 5.74) is 5.32. The van der Waals surface area contributed by atoms with Crippen LogP contribution in [0.2, 0.25) is 0 Å². The summed E-state index contributed by atoms with van der Waals surface area (Å²) in [6.07, 6.45) is 25.6. The van der Waals surface area contributed by atoms with Gasteiger partial charge in [0, 0.05) is 19.3 Å². The van der Waals surface area contributed by atoms with E-state index in [4.69, 9.17) is 18.9 Å². The highest BCUT2D eigenvalue weighted by atomic mass is 16.5. The Kier molecular flexibility index (Phi) is 26.2. The number of esters is 4. The molecule has 0 atom stereocenters. The van der Waals surface area contributed by atoms with Crippen LogP contribution < -0.4 is 0 Å². The average Bonchev–Trinajstić information content (AvgIpc) is 0.764.